The molecule has 2 aromatic rings. The van der Waals surface area contributed by atoms with E-state index in [2.05, 4.69) is 24.0 Å². The third-order valence-corrected chi connectivity index (χ3v) is 2.21. The third-order valence-electron chi connectivity index (χ3n) is 2.21. The number of halogens is 2. The van der Waals surface area contributed by atoms with Crippen molar-refractivity contribution in [3.63, 3.8) is 0 Å². The summed E-state index contributed by atoms with van der Waals surface area (Å²) in [5, 5.41) is 1.17. The minimum atomic E-state index is 0. The summed E-state index contributed by atoms with van der Waals surface area (Å²) in [7, 11) is 0. The maximum absolute atomic E-state index is 5.64. The van der Waals surface area contributed by atoms with Gasteiger partial charge in [0.2, 0.25) is 0 Å². The molecule has 1 aromatic carbocycles. The van der Waals surface area contributed by atoms with E-state index in [9.17, 15) is 0 Å². The van der Waals surface area contributed by atoms with Crippen molar-refractivity contribution in [2.45, 2.75) is 13.5 Å². The van der Waals surface area contributed by atoms with E-state index in [1.54, 1.807) is 6.20 Å². The van der Waals surface area contributed by atoms with Crippen molar-refractivity contribution in [3.8, 4) is 0 Å². The van der Waals surface area contributed by atoms with Crippen LogP contribution in [0.4, 0.5) is 0 Å². The standard InChI is InChI=1S/C11H12N2.2ClH/c1-8-2-3-11-10(6-8)9(7-12)4-5-13-11;;/h2-6H,7,12H2,1H3;2*1H. The van der Waals surface area contributed by atoms with Gasteiger partial charge in [0.1, 0.15) is 0 Å². The van der Waals surface area contributed by atoms with Crippen molar-refractivity contribution in [2.75, 3.05) is 0 Å². The zero-order valence-corrected chi connectivity index (χ0v) is 10.1. The monoisotopic (exact) mass is 244 g/mol. The highest BCUT2D eigenvalue weighted by molar-refractivity contribution is 5.85. The van der Waals surface area contributed by atoms with Crippen LogP contribution in [-0.4, -0.2) is 4.98 Å². The van der Waals surface area contributed by atoms with Crippen LogP contribution in [0.5, 0.6) is 0 Å². The number of nitrogens with zero attached hydrogens (tertiary/aromatic N) is 1. The number of aryl methyl sites for hydroxylation is 1. The molecule has 0 amide bonds. The highest BCUT2D eigenvalue weighted by Crippen LogP contribution is 2.17. The lowest BCUT2D eigenvalue weighted by molar-refractivity contribution is 1.08. The first kappa shape index (κ1) is 14.2. The molecule has 0 aliphatic heterocycles. The van der Waals surface area contributed by atoms with Crippen LogP contribution < -0.4 is 5.73 Å². The second-order valence-corrected chi connectivity index (χ2v) is 3.19. The van der Waals surface area contributed by atoms with Gasteiger partial charge in [0.15, 0.2) is 0 Å². The molecule has 0 saturated carbocycles. The van der Waals surface area contributed by atoms with Crippen LogP contribution in [0.3, 0.4) is 0 Å². The Morgan fingerprint density at radius 1 is 1.20 bits per heavy atom. The fourth-order valence-electron chi connectivity index (χ4n) is 1.49. The van der Waals surface area contributed by atoms with Crippen molar-refractivity contribution < 1.29 is 0 Å². The van der Waals surface area contributed by atoms with Crippen molar-refractivity contribution in [1.82, 2.24) is 4.98 Å². The lowest BCUT2D eigenvalue weighted by Crippen LogP contribution is -1.97. The van der Waals surface area contributed by atoms with Gasteiger partial charge in [-0.3, -0.25) is 4.98 Å². The average molecular weight is 245 g/mol. The zero-order chi connectivity index (χ0) is 9.26. The summed E-state index contributed by atoms with van der Waals surface area (Å²) in [6.07, 6.45) is 1.81. The summed E-state index contributed by atoms with van der Waals surface area (Å²) in [6, 6.07) is 8.20. The van der Waals surface area contributed by atoms with E-state index >= 15 is 0 Å². The van der Waals surface area contributed by atoms with Gasteiger partial charge in [0.05, 0.1) is 5.52 Å². The van der Waals surface area contributed by atoms with E-state index in [1.165, 1.54) is 10.9 Å². The Bertz CT molecular complexity index is 444. The van der Waals surface area contributed by atoms with E-state index in [0.29, 0.717) is 6.54 Å². The van der Waals surface area contributed by atoms with Gasteiger partial charge in [-0.05, 0) is 30.7 Å². The summed E-state index contributed by atoms with van der Waals surface area (Å²) in [4.78, 5) is 4.28. The Morgan fingerprint density at radius 2 is 1.93 bits per heavy atom. The molecular formula is C11H14Cl2N2. The van der Waals surface area contributed by atoms with Gasteiger partial charge in [-0.15, -0.1) is 24.8 Å². The number of nitrogens with two attached hydrogens (primary N) is 1. The Kier molecular flexibility index (Phi) is 5.58. The summed E-state index contributed by atoms with van der Waals surface area (Å²) in [5.74, 6) is 0. The average Bonchev–Trinajstić information content (AvgIpc) is 2.17. The number of rotatable bonds is 1. The molecule has 2 rings (SSSR count). The molecule has 1 aromatic heterocycles. The third kappa shape index (κ3) is 2.81. The molecule has 0 fully saturated rings. The molecule has 0 aliphatic carbocycles. The van der Waals surface area contributed by atoms with Gasteiger partial charge < -0.3 is 5.73 Å². The fourth-order valence-corrected chi connectivity index (χ4v) is 1.49. The number of pyridine rings is 1. The molecule has 0 aliphatic rings. The molecule has 15 heavy (non-hydrogen) atoms. The van der Waals surface area contributed by atoms with Gasteiger partial charge >= 0.3 is 0 Å². The number of hydrogen-bond donors (Lipinski definition) is 1. The Labute approximate surface area is 102 Å². The molecule has 0 radical (unpaired) electrons. The number of fused-ring (bicyclic) bond motifs is 1. The molecule has 0 atom stereocenters. The number of hydrogen-bond acceptors (Lipinski definition) is 2. The molecule has 1 heterocycles. The maximum atomic E-state index is 5.64. The van der Waals surface area contributed by atoms with Crippen LogP contribution in [-0.2, 0) is 6.54 Å². The van der Waals surface area contributed by atoms with Crippen LogP contribution >= 0.6 is 24.8 Å². The molecule has 0 unspecified atom stereocenters. The number of benzene rings is 1. The smallest absolute Gasteiger partial charge is 0.0705 e. The molecule has 0 saturated heterocycles. The summed E-state index contributed by atoms with van der Waals surface area (Å²) in [6.45, 7) is 2.65. The molecule has 82 valence electrons. The fraction of sp³-hybridized carbons (Fsp3) is 0.182. The van der Waals surface area contributed by atoms with E-state index in [4.69, 9.17) is 5.73 Å². The molecule has 2 N–H and O–H groups in total. The first-order valence-corrected chi connectivity index (χ1v) is 4.35. The van der Waals surface area contributed by atoms with Gasteiger partial charge in [-0.2, -0.15) is 0 Å². The van der Waals surface area contributed by atoms with Gasteiger partial charge in [0.25, 0.3) is 0 Å². The largest absolute Gasteiger partial charge is 0.326 e. The Hall–Kier alpha value is -0.830. The van der Waals surface area contributed by atoms with Crippen molar-refractivity contribution >= 4 is 35.7 Å². The van der Waals surface area contributed by atoms with Crippen LogP contribution in [0, 0.1) is 6.92 Å². The SMILES string of the molecule is Cc1ccc2nccc(CN)c2c1.Cl.Cl. The second kappa shape index (κ2) is 5.91. The molecule has 4 heteroatoms. The number of aromatic nitrogens is 1. The minimum absolute atomic E-state index is 0. The lowest BCUT2D eigenvalue weighted by Gasteiger charge is -2.03. The minimum Gasteiger partial charge on any atom is -0.326 e. The van der Waals surface area contributed by atoms with Crippen LogP contribution in [0.15, 0.2) is 30.5 Å². The van der Waals surface area contributed by atoms with Gasteiger partial charge in [-0.1, -0.05) is 11.6 Å². The first-order chi connectivity index (χ1) is 6.31. The van der Waals surface area contributed by atoms with Crippen LogP contribution in [0.1, 0.15) is 11.1 Å². The van der Waals surface area contributed by atoms with E-state index in [1.807, 2.05) is 12.1 Å². The summed E-state index contributed by atoms with van der Waals surface area (Å²) >= 11 is 0. The van der Waals surface area contributed by atoms with Gasteiger partial charge in [-0.25, -0.2) is 0 Å². The van der Waals surface area contributed by atoms with Crippen molar-refractivity contribution in [1.29, 1.82) is 0 Å². The van der Waals surface area contributed by atoms with Crippen LogP contribution in [0.25, 0.3) is 10.9 Å². The van der Waals surface area contributed by atoms with Crippen molar-refractivity contribution in [3.05, 3.63) is 41.6 Å². The second-order valence-electron chi connectivity index (χ2n) is 3.19. The van der Waals surface area contributed by atoms with E-state index < -0.39 is 0 Å². The summed E-state index contributed by atoms with van der Waals surface area (Å²) < 4.78 is 0. The lowest BCUT2D eigenvalue weighted by atomic mass is 10.1. The Balaban J connectivity index is 0.000000980. The maximum Gasteiger partial charge on any atom is 0.0705 e. The van der Waals surface area contributed by atoms with E-state index in [0.717, 1.165) is 11.1 Å². The predicted octanol–water partition coefficient (Wildman–Crippen LogP) is 2.85. The van der Waals surface area contributed by atoms with E-state index in [-0.39, 0.29) is 24.8 Å². The highest BCUT2D eigenvalue weighted by Gasteiger charge is 1.99. The molecule has 2 nitrogen and oxygen atoms in total. The summed E-state index contributed by atoms with van der Waals surface area (Å²) in [5.41, 5.74) is 9.07. The predicted molar refractivity (Wildman–Crippen MR) is 68.9 cm³/mol. The van der Waals surface area contributed by atoms with Gasteiger partial charge in [0, 0.05) is 18.1 Å². The van der Waals surface area contributed by atoms with Crippen molar-refractivity contribution in [2.24, 2.45) is 5.73 Å². The zero-order valence-electron chi connectivity index (χ0n) is 8.43. The van der Waals surface area contributed by atoms with Crippen LogP contribution in [0.2, 0.25) is 0 Å². The molecular weight excluding hydrogens is 231 g/mol. The quantitative estimate of drug-likeness (QED) is 0.838. The first-order valence-electron chi connectivity index (χ1n) is 4.35. The highest BCUT2D eigenvalue weighted by atomic mass is 35.5. The Morgan fingerprint density at radius 3 is 2.60 bits per heavy atom. The molecule has 0 bridgehead atoms. The normalized spacial score (nSPS) is 9.20. The molecule has 0 spiro atoms. The topological polar surface area (TPSA) is 38.9 Å².